The molecular weight excluding hydrogens is 462 g/mol. The van der Waals surface area contributed by atoms with Crippen LogP contribution in [0.25, 0.3) is 0 Å². The number of nitrogens with one attached hydrogen (secondary N) is 3. The van der Waals surface area contributed by atoms with Crippen molar-refractivity contribution in [2.75, 3.05) is 24.4 Å². The Hall–Kier alpha value is -5.04. The van der Waals surface area contributed by atoms with Crippen LogP contribution in [0.3, 0.4) is 0 Å². The number of carboxylic acid groups (broad SMARTS) is 1. The Morgan fingerprint density at radius 2 is 1.86 bits per heavy atom. The van der Waals surface area contributed by atoms with Crippen LogP contribution in [0.15, 0.2) is 54.6 Å². The molecule has 0 saturated heterocycles. The molecule has 0 fully saturated rings. The van der Waals surface area contributed by atoms with Crippen molar-refractivity contribution in [1.82, 2.24) is 0 Å². The van der Waals surface area contributed by atoms with Gasteiger partial charge in [0.2, 0.25) is 0 Å². The Morgan fingerprint density at radius 3 is 2.47 bits per heavy atom. The lowest BCUT2D eigenvalue weighted by Crippen LogP contribution is -2.16. The van der Waals surface area contributed by atoms with Gasteiger partial charge in [-0.3, -0.25) is 10.2 Å². The highest BCUT2D eigenvalue weighted by Crippen LogP contribution is 2.34. The Bertz CT molecular complexity index is 1350. The number of nitrogen functional groups attached to an aromatic ring is 1. The van der Waals surface area contributed by atoms with E-state index in [2.05, 4.69) is 10.6 Å². The summed E-state index contributed by atoms with van der Waals surface area (Å²) in [6, 6.07) is 17.0. The average Bonchev–Trinajstić information content (AvgIpc) is 2.86. The van der Waals surface area contributed by atoms with E-state index in [-0.39, 0.29) is 29.8 Å². The van der Waals surface area contributed by atoms with Gasteiger partial charge < -0.3 is 30.9 Å². The van der Waals surface area contributed by atoms with Gasteiger partial charge in [-0.05, 0) is 49.4 Å². The van der Waals surface area contributed by atoms with E-state index in [1.54, 1.807) is 42.5 Å². The van der Waals surface area contributed by atoms with Gasteiger partial charge in [0.05, 0.1) is 24.3 Å². The SMILES string of the molecule is COc1cc(C#N)cc(CNc2ccc(C)cc2C(=O)Nc2ccc(C(=N)N)cc2)c1OCC(=O)O. The zero-order chi connectivity index (χ0) is 26.2. The molecule has 0 bridgehead atoms. The molecule has 3 aromatic carbocycles. The summed E-state index contributed by atoms with van der Waals surface area (Å²) in [4.78, 5) is 24.1. The number of hydrogen-bond acceptors (Lipinski definition) is 7. The average molecular weight is 488 g/mol. The van der Waals surface area contributed by atoms with Crippen LogP contribution in [-0.2, 0) is 11.3 Å². The second kappa shape index (κ2) is 11.4. The molecular formula is C26H25N5O5. The number of nitrogens with zero attached hydrogens (tertiary/aromatic N) is 1. The molecule has 10 heteroatoms. The van der Waals surface area contributed by atoms with E-state index in [1.165, 1.54) is 13.2 Å². The summed E-state index contributed by atoms with van der Waals surface area (Å²) in [6.07, 6.45) is 0. The molecule has 0 aliphatic rings. The number of nitriles is 1. The number of aliphatic carboxylic acids is 1. The first-order chi connectivity index (χ1) is 17.2. The second-order valence-corrected chi connectivity index (χ2v) is 7.81. The maximum Gasteiger partial charge on any atom is 0.341 e. The number of benzene rings is 3. The van der Waals surface area contributed by atoms with Gasteiger partial charge >= 0.3 is 5.97 Å². The van der Waals surface area contributed by atoms with Crippen molar-refractivity contribution in [2.24, 2.45) is 5.73 Å². The fraction of sp³-hybridized carbons (Fsp3) is 0.154. The lowest BCUT2D eigenvalue weighted by molar-refractivity contribution is -0.139. The van der Waals surface area contributed by atoms with E-state index >= 15 is 0 Å². The molecule has 0 atom stereocenters. The summed E-state index contributed by atoms with van der Waals surface area (Å²) < 4.78 is 10.7. The number of rotatable bonds is 10. The Kier molecular flexibility index (Phi) is 8.10. The predicted molar refractivity (Wildman–Crippen MR) is 135 cm³/mol. The number of carbonyl (C=O) groups is 2. The van der Waals surface area contributed by atoms with Crippen LogP contribution in [0.5, 0.6) is 11.5 Å². The number of anilines is 2. The van der Waals surface area contributed by atoms with Crippen LogP contribution in [0.2, 0.25) is 0 Å². The van der Waals surface area contributed by atoms with E-state index in [9.17, 15) is 14.9 Å². The smallest absolute Gasteiger partial charge is 0.341 e. The van der Waals surface area contributed by atoms with E-state index < -0.39 is 12.6 Å². The summed E-state index contributed by atoms with van der Waals surface area (Å²) in [5, 5.41) is 31.9. The summed E-state index contributed by atoms with van der Waals surface area (Å²) in [5.74, 6) is -1.17. The summed E-state index contributed by atoms with van der Waals surface area (Å²) in [6.45, 7) is 1.40. The molecule has 0 saturated carbocycles. The Balaban J connectivity index is 1.87. The topological polar surface area (TPSA) is 171 Å². The monoisotopic (exact) mass is 487 g/mol. The maximum absolute atomic E-state index is 13.1. The van der Waals surface area contributed by atoms with Crippen molar-refractivity contribution in [1.29, 1.82) is 10.7 Å². The maximum atomic E-state index is 13.1. The fourth-order valence-electron chi connectivity index (χ4n) is 3.43. The van der Waals surface area contributed by atoms with Gasteiger partial charge in [-0.25, -0.2) is 4.79 Å². The molecule has 0 radical (unpaired) electrons. The minimum Gasteiger partial charge on any atom is -0.493 e. The molecule has 10 nitrogen and oxygen atoms in total. The number of methoxy groups -OCH3 is 1. The van der Waals surface area contributed by atoms with Crippen molar-refractivity contribution in [3.8, 4) is 17.6 Å². The Morgan fingerprint density at radius 1 is 1.14 bits per heavy atom. The quantitative estimate of drug-likeness (QED) is 0.214. The van der Waals surface area contributed by atoms with Gasteiger partial charge in [0.1, 0.15) is 5.84 Å². The van der Waals surface area contributed by atoms with E-state index in [1.807, 2.05) is 19.1 Å². The molecule has 0 aliphatic heterocycles. The fourth-order valence-corrected chi connectivity index (χ4v) is 3.43. The van der Waals surface area contributed by atoms with Crippen LogP contribution in [0.4, 0.5) is 11.4 Å². The molecule has 1 amide bonds. The number of amides is 1. The summed E-state index contributed by atoms with van der Waals surface area (Å²) in [7, 11) is 1.40. The first-order valence-electron chi connectivity index (χ1n) is 10.8. The van der Waals surface area contributed by atoms with Gasteiger partial charge in [0, 0.05) is 35.1 Å². The van der Waals surface area contributed by atoms with Crippen molar-refractivity contribution < 1.29 is 24.2 Å². The van der Waals surface area contributed by atoms with Crippen molar-refractivity contribution in [3.05, 3.63) is 82.4 Å². The third-order valence-corrected chi connectivity index (χ3v) is 5.16. The normalized spacial score (nSPS) is 10.1. The predicted octanol–water partition coefficient (Wildman–Crippen LogP) is 3.49. The van der Waals surface area contributed by atoms with Crippen molar-refractivity contribution in [2.45, 2.75) is 13.5 Å². The number of ether oxygens (including phenoxy) is 2. The molecule has 0 spiro atoms. The molecule has 3 aromatic rings. The molecule has 0 aromatic heterocycles. The second-order valence-electron chi connectivity index (χ2n) is 7.81. The molecule has 0 heterocycles. The highest BCUT2D eigenvalue weighted by atomic mass is 16.5. The highest BCUT2D eigenvalue weighted by Gasteiger charge is 2.17. The van der Waals surface area contributed by atoms with Gasteiger partial charge in [-0.15, -0.1) is 0 Å². The van der Waals surface area contributed by atoms with E-state index in [4.69, 9.17) is 25.7 Å². The lowest BCUT2D eigenvalue weighted by atomic mass is 10.1. The van der Waals surface area contributed by atoms with Crippen molar-refractivity contribution >= 4 is 29.1 Å². The zero-order valence-electron chi connectivity index (χ0n) is 19.7. The van der Waals surface area contributed by atoms with Gasteiger partial charge in [-0.1, -0.05) is 11.6 Å². The molecule has 36 heavy (non-hydrogen) atoms. The van der Waals surface area contributed by atoms with Crippen LogP contribution in [-0.4, -0.2) is 36.5 Å². The zero-order valence-corrected chi connectivity index (χ0v) is 19.7. The number of carbonyl (C=O) groups excluding carboxylic acids is 1. The molecule has 0 aliphatic carbocycles. The summed E-state index contributed by atoms with van der Waals surface area (Å²) in [5.41, 5.74) is 9.12. The van der Waals surface area contributed by atoms with E-state index in [0.717, 1.165) is 5.56 Å². The third kappa shape index (κ3) is 6.30. The molecule has 0 unspecified atom stereocenters. The standard InChI is InChI=1S/C26H25N5O5/c1-15-3-8-21(20(9-15)26(34)31-19-6-4-17(5-7-19)25(28)29)30-13-18-10-16(12-27)11-22(35-2)24(18)36-14-23(32)33/h3-11,30H,13-14H2,1-2H3,(H3,28,29)(H,31,34)(H,32,33). The van der Waals surface area contributed by atoms with Crippen LogP contribution in [0, 0.1) is 23.7 Å². The third-order valence-electron chi connectivity index (χ3n) is 5.16. The number of carboxylic acids is 1. The van der Waals surface area contributed by atoms with Gasteiger partial charge in [0.25, 0.3) is 5.91 Å². The Labute approximate surface area is 207 Å². The summed E-state index contributed by atoms with van der Waals surface area (Å²) >= 11 is 0. The highest BCUT2D eigenvalue weighted by molar-refractivity contribution is 6.08. The lowest BCUT2D eigenvalue weighted by Gasteiger charge is -2.17. The molecule has 6 N–H and O–H groups in total. The first-order valence-corrected chi connectivity index (χ1v) is 10.8. The minimum absolute atomic E-state index is 0.0677. The molecule has 184 valence electrons. The van der Waals surface area contributed by atoms with Gasteiger partial charge in [0.15, 0.2) is 18.1 Å². The van der Waals surface area contributed by atoms with Crippen molar-refractivity contribution in [3.63, 3.8) is 0 Å². The first kappa shape index (κ1) is 25.6. The number of hydrogen-bond donors (Lipinski definition) is 5. The van der Waals surface area contributed by atoms with Crippen LogP contribution < -0.4 is 25.8 Å². The van der Waals surface area contributed by atoms with E-state index in [0.29, 0.717) is 33.6 Å². The number of amidine groups is 1. The van der Waals surface area contributed by atoms with Gasteiger partial charge in [-0.2, -0.15) is 5.26 Å². The van der Waals surface area contributed by atoms with Crippen LogP contribution in [0.1, 0.15) is 32.6 Å². The minimum atomic E-state index is -1.16. The number of nitrogens with two attached hydrogens (primary N) is 1. The molecule has 3 rings (SSSR count). The number of aryl methyl sites for hydroxylation is 1. The largest absolute Gasteiger partial charge is 0.493 e. The van der Waals surface area contributed by atoms with Crippen LogP contribution >= 0.6 is 0 Å².